The van der Waals surface area contributed by atoms with Crippen molar-refractivity contribution in [1.82, 2.24) is 9.55 Å². The smallest absolute Gasteiger partial charge is 0.141 e. The Morgan fingerprint density at radius 1 is 0.897 bits per heavy atom. The van der Waals surface area contributed by atoms with Gasteiger partial charge in [-0.1, -0.05) is 54.6 Å². The maximum atomic E-state index is 4.50. The molecule has 1 aromatic heterocycles. The average Bonchev–Trinajstić information content (AvgIpc) is 3.40. The summed E-state index contributed by atoms with van der Waals surface area (Å²) in [5, 5.41) is 2.53. The lowest BCUT2D eigenvalue weighted by Crippen LogP contribution is -3.10. The number of hydrogen-bond acceptors (Lipinski definition) is 1. The predicted octanol–water partition coefficient (Wildman–Crippen LogP) is 1.95. The summed E-state index contributed by atoms with van der Waals surface area (Å²) in [6.07, 6.45) is 3.22. The molecule has 4 nitrogen and oxygen atoms in total. The molecule has 0 bridgehead atoms. The summed E-state index contributed by atoms with van der Waals surface area (Å²) in [6, 6.07) is 28.8. The van der Waals surface area contributed by atoms with Crippen molar-refractivity contribution >= 4 is 11.0 Å². The van der Waals surface area contributed by atoms with E-state index in [2.05, 4.69) is 87.7 Å². The molecule has 2 atom stereocenters. The molecule has 4 aromatic rings. The van der Waals surface area contributed by atoms with Crippen LogP contribution in [0, 0.1) is 0 Å². The van der Waals surface area contributed by atoms with E-state index in [0.717, 1.165) is 30.2 Å². The molecule has 0 aliphatic carbocycles. The molecule has 0 saturated carbocycles. The quantitative estimate of drug-likeness (QED) is 0.524. The highest BCUT2D eigenvalue weighted by Crippen LogP contribution is 2.18. The summed E-state index contributed by atoms with van der Waals surface area (Å²) >= 11 is 0. The van der Waals surface area contributed by atoms with Gasteiger partial charge in [0.2, 0.25) is 0 Å². The fraction of sp³-hybridized carbons (Fsp3) is 0.240. The Morgan fingerprint density at radius 2 is 1.69 bits per heavy atom. The van der Waals surface area contributed by atoms with Crippen molar-refractivity contribution in [1.29, 1.82) is 0 Å². The number of fused-ring (bicyclic) bond motifs is 1. The zero-order valence-electron chi connectivity index (χ0n) is 16.7. The molecule has 29 heavy (non-hydrogen) atoms. The molecule has 146 valence electrons. The van der Waals surface area contributed by atoms with Crippen LogP contribution in [0.25, 0.3) is 16.7 Å². The van der Waals surface area contributed by atoms with E-state index < -0.39 is 0 Å². The highest BCUT2D eigenvalue weighted by Gasteiger charge is 2.28. The van der Waals surface area contributed by atoms with Crippen molar-refractivity contribution < 1.29 is 10.2 Å². The zero-order valence-corrected chi connectivity index (χ0v) is 16.7. The normalized spacial score (nSPS) is 19.0. The minimum Gasteiger partial charge on any atom is -0.335 e. The third kappa shape index (κ3) is 4.09. The van der Waals surface area contributed by atoms with Gasteiger partial charge in [-0.25, -0.2) is 4.98 Å². The van der Waals surface area contributed by atoms with Crippen LogP contribution in [0.1, 0.15) is 17.5 Å². The van der Waals surface area contributed by atoms with E-state index in [4.69, 9.17) is 0 Å². The standard InChI is InChI=1S/C25H26N4/c1-2-6-21(7-3-1)17-28-15-14-22(18-28)26-16-20-10-12-23(13-11-20)29-19-27-24-8-4-5-9-25(24)29/h1-13,19,22,26H,14-18H2/p+2/t22-/m0/s1. The number of likely N-dealkylation sites (tertiary alicyclic amines) is 1. The Morgan fingerprint density at radius 3 is 2.55 bits per heavy atom. The number of nitrogens with two attached hydrogens (primary N) is 1. The predicted molar refractivity (Wildman–Crippen MR) is 116 cm³/mol. The lowest BCUT2D eigenvalue weighted by Gasteiger charge is -2.13. The van der Waals surface area contributed by atoms with Gasteiger partial charge in [-0.15, -0.1) is 0 Å². The highest BCUT2D eigenvalue weighted by molar-refractivity contribution is 5.77. The number of nitrogens with zero attached hydrogens (tertiary/aromatic N) is 2. The Bertz CT molecular complexity index is 1070. The fourth-order valence-electron chi connectivity index (χ4n) is 4.47. The summed E-state index contributed by atoms with van der Waals surface area (Å²) in [5.41, 5.74) is 6.19. The van der Waals surface area contributed by atoms with Crippen molar-refractivity contribution in [3.63, 3.8) is 0 Å². The molecule has 5 rings (SSSR count). The SMILES string of the molecule is c1ccc(C[NH+]2CC[C@H]([NH2+]Cc3ccc(-n4cnc5ccccc54)cc3)C2)cc1. The van der Waals surface area contributed by atoms with Gasteiger partial charge in [0.1, 0.15) is 32.0 Å². The van der Waals surface area contributed by atoms with Crippen molar-refractivity contribution in [3.8, 4) is 5.69 Å². The Labute approximate surface area is 171 Å². The Hall–Kier alpha value is -2.95. The first-order valence-corrected chi connectivity index (χ1v) is 10.6. The van der Waals surface area contributed by atoms with E-state index in [1.54, 1.807) is 4.90 Å². The molecular weight excluding hydrogens is 356 g/mol. The number of hydrogen-bond donors (Lipinski definition) is 2. The second kappa shape index (κ2) is 8.19. The number of nitrogens with one attached hydrogen (secondary N) is 1. The lowest BCUT2D eigenvalue weighted by atomic mass is 10.1. The second-order valence-electron chi connectivity index (χ2n) is 8.12. The summed E-state index contributed by atoms with van der Waals surface area (Å²) in [7, 11) is 0. The molecule has 1 unspecified atom stereocenters. The number of aromatic nitrogens is 2. The van der Waals surface area contributed by atoms with Crippen molar-refractivity contribution in [3.05, 3.63) is 96.3 Å². The van der Waals surface area contributed by atoms with Crippen LogP contribution in [0.2, 0.25) is 0 Å². The summed E-state index contributed by atoms with van der Waals surface area (Å²) in [5.74, 6) is 0. The van der Waals surface area contributed by atoms with Gasteiger partial charge in [-0.05, 0) is 24.3 Å². The lowest BCUT2D eigenvalue weighted by molar-refractivity contribution is -0.911. The van der Waals surface area contributed by atoms with Crippen LogP contribution < -0.4 is 10.2 Å². The highest BCUT2D eigenvalue weighted by atomic mass is 15.2. The maximum Gasteiger partial charge on any atom is 0.141 e. The minimum atomic E-state index is 0.728. The van der Waals surface area contributed by atoms with Gasteiger partial charge in [-0.3, -0.25) is 4.57 Å². The molecular formula is C25H28N4+2. The van der Waals surface area contributed by atoms with E-state index in [-0.39, 0.29) is 0 Å². The van der Waals surface area contributed by atoms with Gasteiger partial charge in [0, 0.05) is 16.8 Å². The van der Waals surface area contributed by atoms with Crippen LogP contribution in [-0.4, -0.2) is 28.7 Å². The molecule has 4 heteroatoms. The third-order valence-corrected chi connectivity index (χ3v) is 6.07. The van der Waals surface area contributed by atoms with Gasteiger partial charge in [0.05, 0.1) is 24.0 Å². The van der Waals surface area contributed by atoms with Gasteiger partial charge in [0.15, 0.2) is 0 Å². The monoisotopic (exact) mass is 384 g/mol. The fourth-order valence-corrected chi connectivity index (χ4v) is 4.47. The van der Waals surface area contributed by atoms with Crippen molar-refractivity contribution in [2.45, 2.75) is 25.6 Å². The zero-order chi connectivity index (χ0) is 19.5. The van der Waals surface area contributed by atoms with Crippen LogP contribution in [0.15, 0.2) is 85.2 Å². The van der Waals surface area contributed by atoms with E-state index in [9.17, 15) is 0 Å². The number of imidazole rings is 1. The van der Waals surface area contributed by atoms with Gasteiger partial charge < -0.3 is 10.2 Å². The number of benzene rings is 3. The molecule has 0 spiro atoms. The first-order chi connectivity index (χ1) is 14.3. The molecule has 3 N–H and O–H groups in total. The van der Waals surface area contributed by atoms with Gasteiger partial charge in [-0.2, -0.15) is 0 Å². The molecule has 3 aromatic carbocycles. The van der Waals surface area contributed by atoms with Crippen molar-refractivity contribution in [2.75, 3.05) is 13.1 Å². The number of para-hydroxylation sites is 2. The largest absolute Gasteiger partial charge is 0.335 e. The average molecular weight is 385 g/mol. The maximum absolute atomic E-state index is 4.50. The summed E-state index contributed by atoms with van der Waals surface area (Å²) in [4.78, 5) is 6.21. The van der Waals surface area contributed by atoms with E-state index >= 15 is 0 Å². The van der Waals surface area contributed by atoms with Crippen LogP contribution >= 0.6 is 0 Å². The molecule has 2 heterocycles. The first kappa shape index (κ1) is 18.1. The van der Waals surface area contributed by atoms with E-state index in [1.807, 2.05) is 12.4 Å². The molecule has 0 radical (unpaired) electrons. The van der Waals surface area contributed by atoms with Gasteiger partial charge in [0.25, 0.3) is 0 Å². The molecule has 1 aliphatic rings. The van der Waals surface area contributed by atoms with Crippen LogP contribution in [-0.2, 0) is 13.1 Å². The number of quaternary nitrogens is 2. The van der Waals surface area contributed by atoms with Gasteiger partial charge >= 0.3 is 0 Å². The van der Waals surface area contributed by atoms with E-state index in [1.165, 1.54) is 36.3 Å². The second-order valence-corrected chi connectivity index (χ2v) is 8.12. The van der Waals surface area contributed by atoms with Crippen LogP contribution in [0.5, 0.6) is 0 Å². The van der Waals surface area contributed by atoms with Crippen LogP contribution in [0.3, 0.4) is 0 Å². The topological polar surface area (TPSA) is 38.9 Å². The summed E-state index contributed by atoms with van der Waals surface area (Å²) in [6.45, 7) is 4.74. The summed E-state index contributed by atoms with van der Waals surface area (Å²) < 4.78 is 2.16. The third-order valence-electron chi connectivity index (χ3n) is 6.07. The van der Waals surface area contributed by atoms with E-state index in [0.29, 0.717) is 0 Å². The van der Waals surface area contributed by atoms with Crippen LogP contribution in [0.4, 0.5) is 0 Å². The number of rotatable bonds is 6. The first-order valence-electron chi connectivity index (χ1n) is 10.6. The minimum absolute atomic E-state index is 0.728. The Balaban J connectivity index is 1.17. The molecule has 1 fully saturated rings. The van der Waals surface area contributed by atoms with Crippen molar-refractivity contribution in [2.24, 2.45) is 0 Å². The molecule has 0 amide bonds. The Kier molecular flexibility index (Phi) is 5.11. The molecule has 1 saturated heterocycles. The molecule has 1 aliphatic heterocycles.